The summed E-state index contributed by atoms with van der Waals surface area (Å²) in [4.78, 5) is 23.7. The standard InChI is InChI=1S/C5H9N.C3H3N.C3H4O2.C2H4O.CO.H3N.O2/c1-3-5(2)4-6;1-2-3-4;4-3-1-2-5-3;1-2-3-1;1-2;;1-2/h5H,3H2,1-2H3;2H,1H2;1-2H2;1-2H2;;1H3;. The summed E-state index contributed by atoms with van der Waals surface area (Å²) in [5.41, 5.74) is 0. The molecule has 2 fully saturated rings. The maximum absolute atomic E-state index is 9.68. The third-order valence-corrected chi connectivity index (χ3v) is 1.70. The van der Waals surface area contributed by atoms with Crippen LogP contribution in [0, 0.1) is 45.2 Å². The minimum atomic E-state index is -0.0648. The molecule has 0 aromatic carbocycles. The Morgan fingerprint density at radius 1 is 1.35 bits per heavy atom. The molecular formula is C14H23N3O6. The number of rotatable bonds is 1. The molecular weight excluding hydrogens is 306 g/mol. The van der Waals surface area contributed by atoms with Gasteiger partial charge < -0.3 is 15.6 Å². The van der Waals surface area contributed by atoms with Gasteiger partial charge >= 0.3 is 17.3 Å². The second kappa shape index (κ2) is 36.6. The second-order valence-electron chi connectivity index (χ2n) is 3.35. The number of nitrogens with zero attached hydrogens (tertiary/aromatic N) is 2. The molecule has 23 heavy (non-hydrogen) atoms. The zero-order chi connectivity index (χ0) is 18.2. The van der Waals surface area contributed by atoms with E-state index < -0.39 is 0 Å². The summed E-state index contributed by atoms with van der Waals surface area (Å²) in [6.45, 7) is 14.2. The summed E-state index contributed by atoms with van der Waals surface area (Å²) in [6, 6.07) is 3.81. The molecule has 9 nitrogen and oxygen atoms in total. The van der Waals surface area contributed by atoms with Crippen molar-refractivity contribution < 1.29 is 18.9 Å². The molecule has 0 amide bonds. The number of ether oxygens (including phenoxy) is 2. The number of allylic oxidation sites excluding steroid dienone is 1. The van der Waals surface area contributed by atoms with Gasteiger partial charge in [0.05, 0.1) is 31.8 Å². The van der Waals surface area contributed by atoms with Crippen LogP contribution in [0.3, 0.4) is 0 Å². The average Bonchev–Trinajstić information content (AvgIpc) is 3.45. The first-order chi connectivity index (χ1) is 10.6. The molecule has 2 aliphatic rings. The maximum atomic E-state index is 9.68. The summed E-state index contributed by atoms with van der Waals surface area (Å²) in [5, 5.41) is 15.6. The van der Waals surface area contributed by atoms with E-state index in [1.54, 1.807) is 6.07 Å². The van der Waals surface area contributed by atoms with Crippen LogP contribution < -0.4 is 6.15 Å². The molecule has 0 aromatic rings. The van der Waals surface area contributed by atoms with E-state index >= 15 is 0 Å². The van der Waals surface area contributed by atoms with E-state index in [2.05, 4.69) is 28.8 Å². The first-order valence-corrected chi connectivity index (χ1v) is 6.12. The average molecular weight is 329 g/mol. The topological polar surface area (TPSA) is 175 Å². The number of esters is 1. The van der Waals surface area contributed by atoms with Crippen LogP contribution in [-0.4, -0.2) is 25.8 Å². The van der Waals surface area contributed by atoms with Gasteiger partial charge in [-0.2, -0.15) is 10.5 Å². The Morgan fingerprint density at radius 2 is 1.65 bits per heavy atom. The molecule has 2 saturated heterocycles. The molecule has 2 rings (SSSR count). The first-order valence-electron chi connectivity index (χ1n) is 6.12. The number of hydrogen-bond donors (Lipinski definition) is 1. The number of carbonyl (C=O) groups is 1. The molecule has 2 aliphatic heterocycles. The van der Waals surface area contributed by atoms with E-state index in [9.17, 15) is 4.79 Å². The molecule has 3 N–H and O–H groups in total. The Labute approximate surface area is 136 Å². The van der Waals surface area contributed by atoms with Crippen molar-refractivity contribution >= 4 is 5.97 Å². The van der Waals surface area contributed by atoms with Crippen LogP contribution in [0.4, 0.5) is 0 Å². The van der Waals surface area contributed by atoms with Crippen molar-refractivity contribution in [3.05, 3.63) is 29.2 Å². The Hall–Kier alpha value is -2.55. The molecule has 130 valence electrons. The zero-order valence-electron chi connectivity index (χ0n) is 13.4. The Balaban J connectivity index is -0.0000000585. The van der Waals surface area contributed by atoms with Crippen molar-refractivity contribution in [2.75, 3.05) is 19.8 Å². The number of cyclic esters (lactones) is 1. The van der Waals surface area contributed by atoms with Gasteiger partial charge in [-0.05, 0) is 13.3 Å². The van der Waals surface area contributed by atoms with E-state index in [1.807, 2.05) is 13.8 Å². The fourth-order valence-electron chi connectivity index (χ4n) is 0.277. The van der Waals surface area contributed by atoms with Gasteiger partial charge in [-0.1, -0.05) is 13.5 Å². The number of epoxide rings is 1. The molecule has 0 spiro atoms. The number of nitriles is 2. The summed E-state index contributed by atoms with van der Waals surface area (Å²) in [5.74, 6) is 0.176. The Kier molecular flexibility index (Phi) is 51.6. The fraction of sp³-hybridized carbons (Fsp3) is 0.571. The predicted octanol–water partition coefficient (Wildman–Crippen LogP) is 2.39. The van der Waals surface area contributed by atoms with Crippen LogP contribution in [0.5, 0.6) is 0 Å². The summed E-state index contributed by atoms with van der Waals surface area (Å²) in [7, 11) is 0. The third-order valence-electron chi connectivity index (χ3n) is 1.70. The summed E-state index contributed by atoms with van der Waals surface area (Å²) in [6.07, 6.45) is 2.77. The van der Waals surface area contributed by atoms with Gasteiger partial charge in [-0.15, -0.1) is 0 Å². The van der Waals surface area contributed by atoms with Crippen LogP contribution >= 0.6 is 0 Å². The van der Waals surface area contributed by atoms with Gasteiger partial charge in [0.15, 0.2) is 0 Å². The molecule has 1 atom stereocenters. The van der Waals surface area contributed by atoms with Gasteiger partial charge in [-0.3, -0.25) is 4.79 Å². The van der Waals surface area contributed by atoms with E-state index in [0.29, 0.717) is 13.0 Å². The van der Waals surface area contributed by atoms with Crippen molar-refractivity contribution in [1.29, 1.82) is 10.5 Å². The monoisotopic (exact) mass is 329 g/mol. The summed E-state index contributed by atoms with van der Waals surface area (Å²) >= 11 is 0. The second-order valence-corrected chi connectivity index (χ2v) is 3.35. The van der Waals surface area contributed by atoms with Crippen LogP contribution in [0.15, 0.2) is 12.7 Å². The van der Waals surface area contributed by atoms with E-state index in [1.165, 1.54) is 6.08 Å². The predicted molar refractivity (Wildman–Crippen MR) is 83.0 cm³/mol. The molecule has 0 radical (unpaired) electrons. The fourth-order valence-corrected chi connectivity index (χ4v) is 0.277. The van der Waals surface area contributed by atoms with Gasteiger partial charge in [0.2, 0.25) is 0 Å². The molecule has 1 unspecified atom stereocenters. The van der Waals surface area contributed by atoms with Crippen LogP contribution in [0.2, 0.25) is 0 Å². The third kappa shape index (κ3) is 66.3. The number of hydrogen-bond acceptors (Lipinski definition) is 8. The van der Waals surface area contributed by atoms with E-state index in [0.717, 1.165) is 19.6 Å². The van der Waals surface area contributed by atoms with Crippen LogP contribution in [0.1, 0.15) is 26.7 Å². The normalized spacial score (nSPS) is 11.8. The minimum absolute atomic E-state index is 0. The van der Waals surface area contributed by atoms with Gasteiger partial charge in [0.25, 0.3) is 0 Å². The Bertz CT molecular complexity index is 349. The van der Waals surface area contributed by atoms with Crippen molar-refractivity contribution in [3.8, 4) is 12.1 Å². The molecule has 0 bridgehead atoms. The Morgan fingerprint density at radius 3 is 1.65 bits per heavy atom. The SMILES string of the molecule is C1CO1.C=CC#N.CCC(C)C#N.N.O=C1CCO1.O=O.[C-]#[O+]. The summed E-state index contributed by atoms with van der Waals surface area (Å²) < 4.78 is 16.3. The van der Waals surface area contributed by atoms with Crippen molar-refractivity contribution in [2.24, 2.45) is 5.92 Å². The van der Waals surface area contributed by atoms with Crippen molar-refractivity contribution in [2.45, 2.75) is 26.7 Å². The zero-order valence-corrected chi connectivity index (χ0v) is 13.4. The first kappa shape index (κ1) is 32.4. The van der Waals surface area contributed by atoms with Gasteiger partial charge in [0, 0.05) is 21.9 Å². The molecule has 0 aliphatic carbocycles. The van der Waals surface area contributed by atoms with E-state index in [-0.39, 0.29) is 18.0 Å². The number of carbonyl (C=O) groups excluding carboxylic acids is 1. The molecule has 0 saturated carbocycles. The quantitative estimate of drug-likeness (QED) is 0.250. The van der Waals surface area contributed by atoms with Crippen LogP contribution in [0.25, 0.3) is 0 Å². The van der Waals surface area contributed by atoms with Crippen LogP contribution in [-0.2, 0) is 18.9 Å². The van der Waals surface area contributed by atoms with Crippen molar-refractivity contribution in [1.82, 2.24) is 6.15 Å². The van der Waals surface area contributed by atoms with E-state index in [4.69, 9.17) is 25.1 Å². The van der Waals surface area contributed by atoms with Gasteiger partial charge in [0.1, 0.15) is 6.61 Å². The molecule has 9 heteroatoms. The van der Waals surface area contributed by atoms with Crippen molar-refractivity contribution in [3.63, 3.8) is 0 Å². The molecule has 2 heterocycles. The van der Waals surface area contributed by atoms with Gasteiger partial charge in [-0.25, -0.2) is 0 Å². The molecule has 0 aromatic heterocycles.